The summed E-state index contributed by atoms with van der Waals surface area (Å²) in [7, 11) is 5.96. The molecule has 1 amide bonds. The predicted molar refractivity (Wildman–Crippen MR) is 95.1 cm³/mol. The molecule has 6 heteroatoms. The molecule has 6 nitrogen and oxygen atoms in total. The van der Waals surface area contributed by atoms with Crippen molar-refractivity contribution in [2.24, 2.45) is 7.05 Å². The van der Waals surface area contributed by atoms with E-state index in [9.17, 15) is 9.59 Å². The van der Waals surface area contributed by atoms with E-state index in [2.05, 4.69) is 19.0 Å². The van der Waals surface area contributed by atoms with Crippen LogP contribution in [0, 0.1) is 0 Å². The molecule has 3 rings (SSSR count). The molecule has 0 N–H and O–H groups in total. The number of aryl methyl sites for hydroxylation is 2. The first-order valence-electron chi connectivity index (χ1n) is 8.57. The van der Waals surface area contributed by atoms with Gasteiger partial charge in [0.25, 0.3) is 0 Å². The zero-order valence-corrected chi connectivity index (χ0v) is 14.7. The Hall–Kier alpha value is -2.08. The van der Waals surface area contributed by atoms with Crippen molar-refractivity contribution in [3.8, 4) is 0 Å². The van der Waals surface area contributed by atoms with Crippen molar-refractivity contribution >= 4 is 16.9 Å². The molecule has 0 spiro atoms. The van der Waals surface area contributed by atoms with Crippen molar-refractivity contribution in [3.05, 3.63) is 34.7 Å². The summed E-state index contributed by atoms with van der Waals surface area (Å²) in [6.45, 7) is 2.06. The molecule has 0 radical (unpaired) electrons. The summed E-state index contributed by atoms with van der Waals surface area (Å²) in [5.41, 5.74) is 1.74. The lowest BCUT2D eigenvalue weighted by Gasteiger charge is -2.35. The second kappa shape index (κ2) is 6.81. The molecule has 1 saturated heterocycles. The molecule has 2 heterocycles. The smallest absolute Gasteiger partial charge is 0.328 e. The Bertz CT molecular complexity index is 782. The molecule has 1 aromatic carbocycles. The number of hydrogen-bond donors (Lipinski definition) is 0. The van der Waals surface area contributed by atoms with Gasteiger partial charge in [-0.3, -0.25) is 13.9 Å². The van der Waals surface area contributed by atoms with E-state index in [0.717, 1.165) is 37.0 Å². The lowest BCUT2D eigenvalue weighted by atomic mass is 10.0. The minimum absolute atomic E-state index is 0.0599. The molecule has 0 atom stereocenters. The average Bonchev–Trinajstić information content (AvgIpc) is 2.84. The maximum atomic E-state index is 12.5. The predicted octanol–water partition coefficient (Wildman–Crippen LogP) is 1.28. The van der Waals surface area contributed by atoms with Crippen LogP contribution in [0.5, 0.6) is 0 Å². The van der Waals surface area contributed by atoms with Crippen molar-refractivity contribution in [2.75, 3.05) is 27.2 Å². The van der Waals surface area contributed by atoms with Crippen molar-refractivity contribution in [1.82, 2.24) is 18.9 Å². The minimum Gasteiger partial charge on any atom is -0.343 e. The third-order valence-corrected chi connectivity index (χ3v) is 5.15. The number of carbonyl (C=O) groups is 1. The Morgan fingerprint density at radius 2 is 1.79 bits per heavy atom. The minimum atomic E-state index is -0.0599. The van der Waals surface area contributed by atoms with E-state index in [1.807, 2.05) is 29.2 Å². The summed E-state index contributed by atoms with van der Waals surface area (Å²) in [5.74, 6) is 0.145. The maximum Gasteiger partial charge on any atom is 0.328 e. The van der Waals surface area contributed by atoms with E-state index in [4.69, 9.17) is 0 Å². The molecule has 2 aromatic rings. The van der Waals surface area contributed by atoms with Gasteiger partial charge >= 0.3 is 5.69 Å². The van der Waals surface area contributed by atoms with Crippen molar-refractivity contribution in [1.29, 1.82) is 0 Å². The van der Waals surface area contributed by atoms with Crippen LogP contribution in [0.15, 0.2) is 29.1 Å². The van der Waals surface area contributed by atoms with Crippen molar-refractivity contribution in [3.63, 3.8) is 0 Å². The number of rotatable bonds is 4. The van der Waals surface area contributed by atoms with Gasteiger partial charge in [-0.1, -0.05) is 12.1 Å². The van der Waals surface area contributed by atoms with Crippen LogP contribution >= 0.6 is 0 Å². The van der Waals surface area contributed by atoms with Crippen LogP contribution in [0.4, 0.5) is 0 Å². The highest BCUT2D eigenvalue weighted by Gasteiger charge is 2.23. The lowest BCUT2D eigenvalue weighted by Crippen LogP contribution is -2.44. The van der Waals surface area contributed by atoms with Gasteiger partial charge in [-0.15, -0.1) is 0 Å². The summed E-state index contributed by atoms with van der Waals surface area (Å²) in [6, 6.07) is 8.28. The van der Waals surface area contributed by atoms with E-state index in [0.29, 0.717) is 19.0 Å². The molecule has 1 aliphatic heterocycles. The molecule has 130 valence electrons. The average molecular weight is 330 g/mol. The van der Waals surface area contributed by atoms with Crippen LogP contribution in [0.25, 0.3) is 11.0 Å². The number of carbonyl (C=O) groups excluding carboxylic acids is 1. The van der Waals surface area contributed by atoms with Gasteiger partial charge in [-0.25, -0.2) is 4.79 Å². The van der Waals surface area contributed by atoms with Crippen molar-refractivity contribution < 1.29 is 4.79 Å². The molecule has 1 aromatic heterocycles. The molecule has 0 saturated carbocycles. The van der Waals surface area contributed by atoms with E-state index < -0.39 is 0 Å². The SMILES string of the molecule is CN(C)C1CCN(C(=O)CCn2c(=O)n(C)c3ccccc32)CC1. The zero-order valence-electron chi connectivity index (χ0n) is 14.7. The highest BCUT2D eigenvalue weighted by Crippen LogP contribution is 2.16. The number of imidazole rings is 1. The number of nitrogens with zero attached hydrogens (tertiary/aromatic N) is 4. The van der Waals surface area contributed by atoms with Gasteiger partial charge < -0.3 is 9.80 Å². The Kier molecular flexibility index (Phi) is 4.76. The number of benzene rings is 1. The Morgan fingerprint density at radius 1 is 1.17 bits per heavy atom. The van der Waals surface area contributed by atoms with Crippen molar-refractivity contribution in [2.45, 2.75) is 31.8 Å². The van der Waals surface area contributed by atoms with Crippen LogP contribution in [0.1, 0.15) is 19.3 Å². The quantitative estimate of drug-likeness (QED) is 0.849. The topological polar surface area (TPSA) is 50.5 Å². The largest absolute Gasteiger partial charge is 0.343 e. The van der Waals surface area contributed by atoms with Crippen LogP contribution in [0.3, 0.4) is 0 Å². The normalized spacial score (nSPS) is 16.2. The first-order valence-corrected chi connectivity index (χ1v) is 8.57. The fourth-order valence-corrected chi connectivity index (χ4v) is 3.58. The summed E-state index contributed by atoms with van der Waals surface area (Å²) >= 11 is 0. The second-order valence-corrected chi connectivity index (χ2v) is 6.81. The highest BCUT2D eigenvalue weighted by atomic mass is 16.2. The summed E-state index contributed by atoms with van der Waals surface area (Å²) in [6.07, 6.45) is 2.42. The number of para-hydroxylation sites is 2. The molecule has 1 fully saturated rings. The highest BCUT2D eigenvalue weighted by molar-refractivity contribution is 5.78. The third kappa shape index (κ3) is 3.11. The Morgan fingerprint density at radius 3 is 2.42 bits per heavy atom. The lowest BCUT2D eigenvalue weighted by molar-refractivity contribution is -0.132. The van der Waals surface area contributed by atoms with Gasteiger partial charge in [0.15, 0.2) is 0 Å². The zero-order chi connectivity index (χ0) is 17.3. The number of fused-ring (bicyclic) bond motifs is 1. The van der Waals surface area contributed by atoms with Crippen LogP contribution in [-0.4, -0.2) is 58.1 Å². The number of likely N-dealkylation sites (tertiary alicyclic amines) is 1. The molecule has 1 aliphatic rings. The third-order valence-electron chi connectivity index (χ3n) is 5.15. The van der Waals surface area contributed by atoms with Gasteiger partial charge in [0.2, 0.25) is 5.91 Å². The molecule has 0 bridgehead atoms. The van der Waals surface area contributed by atoms with Crippen LogP contribution < -0.4 is 5.69 Å². The van der Waals surface area contributed by atoms with E-state index in [-0.39, 0.29) is 11.6 Å². The van der Waals surface area contributed by atoms with Crippen LogP contribution in [-0.2, 0) is 18.4 Å². The number of hydrogen-bond acceptors (Lipinski definition) is 3. The fraction of sp³-hybridized carbons (Fsp3) is 0.556. The molecular formula is C18H26N4O2. The van der Waals surface area contributed by atoms with Gasteiger partial charge in [-0.05, 0) is 39.1 Å². The number of aromatic nitrogens is 2. The monoisotopic (exact) mass is 330 g/mol. The maximum absolute atomic E-state index is 12.5. The number of piperidine rings is 1. The first kappa shape index (κ1) is 16.8. The van der Waals surface area contributed by atoms with Gasteiger partial charge in [0.1, 0.15) is 0 Å². The van der Waals surface area contributed by atoms with E-state index >= 15 is 0 Å². The van der Waals surface area contributed by atoms with Gasteiger partial charge in [0, 0.05) is 39.1 Å². The van der Waals surface area contributed by atoms with E-state index in [1.165, 1.54) is 0 Å². The molecular weight excluding hydrogens is 304 g/mol. The molecule has 0 unspecified atom stereocenters. The Balaban J connectivity index is 1.66. The standard InChI is InChI=1S/C18H26N4O2/c1-19(2)14-8-11-21(12-9-14)17(23)10-13-22-16-7-5-4-6-15(16)20(3)18(22)24/h4-7,14H,8-13H2,1-3H3. The molecule has 24 heavy (non-hydrogen) atoms. The fourth-order valence-electron chi connectivity index (χ4n) is 3.58. The van der Waals surface area contributed by atoms with E-state index in [1.54, 1.807) is 16.2 Å². The summed E-state index contributed by atoms with van der Waals surface area (Å²) < 4.78 is 3.35. The second-order valence-electron chi connectivity index (χ2n) is 6.81. The summed E-state index contributed by atoms with van der Waals surface area (Å²) in [4.78, 5) is 29.1. The Labute approximate surface area is 142 Å². The first-order chi connectivity index (χ1) is 11.5. The molecule has 0 aliphatic carbocycles. The van der Waals surface area contributed by atoms with Crippen LogP contribution in [0.2, 0.25) is 0 Å². The van der Waals surface area contributed by atoms with Gasteiger partial charge in [0.05, 0.1) is 11.0 Å². The number of amides is 1. The van der Waals surface area contributed by atoms with Gasteiger partial charge in [-0.2, -0.15) is 0 Å². The summed E-state index contributed by atoms with van der Waals surface area (Å²) in [5, 5.41) is 0.